The molecule has 2 aromatic rings. The zero-order valence-electron chi connectivity index (χ0n) is 12.8. The number of nitrogens with one attached hydrogen (secondary N) is 2. The van der Waals surface area contributed by atoms with Crippen molar-refractivity contribution < 1.29 is 9.53 Å². The van der Waals surface area contributed by atoms with Gasteiger partial charge in [-0.25, -0.2) is 0 Å². The number of hydrogen-bond acceptors (Lipinski definition) is 5. The van der Waals surface area contributed by atoms with Gasteiger partial charge in [0, 0.05) is 25.9 Å². The average Bonchev–Trinajstić information content (AvgIpc) is 2.52. The summed E-state index contributed by atoms with van der Waals surface area (Å²) in [6.45, 7) is 3.19. The molecule has 0 atom stereocenters. The first-order valence-corrected chi connectivity index (χ1v) is 7.13. The van der Waals surface area contributed by atoms with Crippen molar-refractivity contribution >= 4 is 17.4 Å². The van der Waals surface area contributed by atoms with Crippen LogP contribution in [0.2, 0.25) is 0 Å². The van der Waals surface area contributed by atoms with Crippen molar-refractivity contribution in [3.63, 3.8) is 0 Å². The molecule has 0 aliphatic rings. The molecule has 0 saturated carbocycles. The molecule has 0 radical (unpaired) electrons. The maximum Gasteiger partial charge on any atom is 0.271 e. The van der Waals surface area contributed by atoms with E-state index in [1.807, 2.05) is 31.2 Å². The van der Waals surface area contributed by atoms with Crippen LogP contribution in [-0.4, -0.2) is 36.4 Å². The minimum absolute atomic E-state index is 0.231. The minimum Gasteiger partial charge on any atom is -0.385 e. The average molecular weight is 300 g/mol. The summed E-state index contributed by atoms with van der Waals surface area (Å²) in [5.74, 6) is 0.368. The van der Waals surface area contributed by atoms with Crippen molar-refractivity contribution in [2.24, 2.45) is 0 Å². The highest BCUT2D eigenvalue weighted by Gasteiger charge is 2.07. The van der Waals surface area contributed by atoms with Gasteiger partial charge >= 0.3 is 0 Å². The van der Waals surface area contributed by atoms with Gasteiger partial charge in [0.05, 0.1) is 0 Å². The van der Waals surface area contributed by atoms with Crippen molar-refractivity contribution in [3.05, 3.63) is 47.7 Å². The lowest BCUT2D eigenvalue weighted by molar-refractivity contribution is 0.0942. The molecule has 0 bridgehead atoms. The smallest absolute Gasteiger partial charge is 0.271 e. The molecule has 1 amide bonds. The van der Waals surface area contributed by atoms with Gasteiger partial charge in [0.15, 0.2) is 11.5 Å². The number of amides is 1. The Morgan fingerprint density at radius 2 is 2.09 bits per heavy atom. The van der Waals surface area contributed by atoms with Crippen molar-refractivity contribution in [1.82, 2.24) is 15.5 Å². The second-order valence-corrected chi connectivity index (χ2v) is 4.90. The van der Waals surface area contributed by atoms with Gasteiger partial charge in [-0.3, -0.25) is 4.79 Å². The number of hydrogen-bond donors (Lipinski definition) is 2. The summed E-state index contributed by atoms with van der Waals surface area (Å²) in [5.41, 5.74) is 2.39. The fraction of sp³-hybridized carbons (Fsp3) is 0.312. The molecule has 0 saturated heterocycles. The molecule has 0 unspecified atom stereocenters. The van der Waals surface area contributed by atoms with Crippen LogP contribution in [0.4, 0.5) is 11.5 Å². The van der Waals surface area contributed by atoms with Crippen LogP contribution in [0, 0.1) is 6.92 Å². The Balaban J connectivity index is 1.91. The highest BCUT2D eigenvalue weighted by molar-refractivity contribution is 5.92. The molecule has 2 rings (SSSR count). The molecule has 0 spiro atoms. The number of methoxy groups -OCH3 is 1. The molecule has 0 aliphatic heterocycles. The number of ether oxygens (including phenoxy) is 1. The van der Waals surface area contributed by atoms with E-state index in [9.17, 15) is 4.79 Å². The Morgan fingerprint density at radius 3 is 2.77 bits per heavy atom. The Labute approximate surface area is 129 Å². The molecular weight excluding hydrogens is 280 g/mol. The first kappa shape index (κ1) is 15.9. The number of carbonyl (C=O) groups excluding carboxylic acids is 1. The standard InChI is InChI=1S/C16H20N4O2/c1-12-5-3-6-13(11-12)18-15-8-7-14(19-20-15)16(21)17-9-4-10-22-2/h3,5-8,11H,4,9-10H2,1-2H3,(H,17,21)(H,18,20). The van der Waals surface area contributed by atoms with Crippen LogP contribution in [-0.2, 0) is 4.74 Å². The summed E-state index contributed by atoms with van der Waals surface area (Å²) in [5, 5.41) is 13.9. The number of anilines is 2. The predicted octanol–water partition coefficient (Wildman–Crippen LogP) is 2.29. The van der Waals surface area contributed by atoms with E-state index in [0.717, 1.165) is 17.7 Å². The van der Waals surface area contributed by atoms with Crippen LogP contribution in [0.15, 0.2) is 36.4 Å². The topological polar surface area (TPSA) is 76.1 Å². The third-order valence-corrected chi connectivity index (χ3v) is 3.00. The Kier molecular flexibility index (Phi) is 5.85. The predicted molar refractivity (Wildman–Crippen MR) is 85.3 cm³/mol. The Morgan fingerprint density at radius 1 is 1.23 bits per heavy atom. The zero-order valence-corrected chi connectivity index (χ0v) is 12.8. The second-order valence-electron chi connectivity index (χ2n) is 4.90. The molecular formula is C16H20N4O2. The lowest BCUT2D eigenvalue weighted by Crippen LogP contribution is -2.26. The van der Waals surface area contributed by atoms with Gasteiger partial charge in [-0.2, -0.15) is 0 Å². The zero-order chi connectivity index (χ0) is 15.8. The number of rotatable bonds is 7. The lowest BCUT2D eigenvalue weighted by Gasteiger charge is -2.07. The number of carbonyl (C=O) groups is 1. The molecule has 1 aromatic carbocycles. The monoisotopic (exact) mass is 300 g/mol. The van der Waals surface area contributed by atoms with Gasteiger partial charge in [-0.15, -0.1) is 10.2 Å². The first-order chi connectivity index (χ1) is 10.7. The van der Waals surface area contributed by atoms with Crippen LogP contribution in [0.1, 0.15) is 22.5 Å². The number of aryl methyl sites for hydroxylation is 1. The minimum atomic E-state index is -0.231. The van der Waals surface area contributed by atoms with E-state index in [4.69, 9.17) is 4.74 Å². The molecule has 6 nitrogen and oxygen atoms in total. The molecule has 2 N–H and O–H groups in total. The van der Waals surface area contributed by atoms with Crippen LogP contribution >= 0.6 is 0 Å². The summed E-state index contributed by atoms with van der Waals surface area (Å²) < 4.78 is 4.92. The highest BCUT2D eigenvalue weighted by Crippen LogP contribution is 2.15. The molecule has 1 heterocycles. The summed E-state index contributed by atoms with van der Waals surface area (Å²) in [6, 6.07) is 11.3. The first-order valence-electron chi connectivity index (χ1n) is 7.13. The van der Waals surface area contributed by atoms with E-state index < -0.39 is 0 Å². The van der Waals surface area contributed by atoms with Crippen LogP contribution in [0.5, 0.6) is 0 Å². The lowest BCUT2D eigenvalue weighted by atomic mass is 10.2. The van der Waals surface area contributed by atoms with Crippen LogP contribution in [0.25, 0.3) is 0 Å². The van der Waals surface area contributed by atoms with Crippen molar-refractivity contribution in [2.45, 2.75) is 13.3 Å². The fourth-order valence-electron chi connectivity index (χ4n) is 1.90. The van der Waals surface area contributed by atoms with E-state index >= 15 is 0 Å². The molecule has 6 heteroatoms. The summed E-state index contributed by atoms with van der Waals surface area (Å²) >= 11 is 0. The number of nitrogens with zero attached hydrogens (tertiary/aromatic N) is 2. The molecule has 116 valence electrons. The van der Waals surface area contributed by atoms with Crippen molar-refractivity contribution in [1.29, 1.82) is 0 Å². The third kappa shape index (κ3) is 4.82. The normalized spacial score (nSPS) is 10.3. The van der Waals surface area contributed by atoms with E-state index in [2.05, 4.69) is 20.8 Å². The van der Waals surface area contributed by atoms with Crippen molar-refractivity contribution in [2.75, 3.05) is 25.6 Å². The SMILES string of the molecule is COCCCNC(=O)c1ccc(Nc2cccc(C)c2)nn1. The van der Waals surface area contributed by atoms with Gasteiger partial charge in [-0.1, -0.05) is 12.1 Å². The number of aromatic nitrogens is 2. The van der Waals surface area contributed by atoms with Crippen molar-refractivity contribution in [3.8, 4) is 0 Å². The van der Waals surface area contributed by atoms with Gasteiger partial charge in [0.25, 0.3) is 5.91 Å². The van der Waals surface area contributed by atoms with Gasteiger partial charge in [-0.05, 0) is 43.2 Å². The quantitative estimate of drug-likeness (QED) is 0.767. The van der Waals surface area contributed by atoms with Crippen LogP contribution < -0.4 is 10.6 Å². The van der Waals surface area contributed by atoms with Crippen LogP contribution in [0.3, 0.4) is 0 Å². The fourth-order valence-corrected chi connectivity index (χ4v) is 1.90. The Bertz CT molecular complexity index is 614. The van der Waals surface area contributed by atoms with E-state index in [1.165, 1.54) is 0 Å². The summed E-state index contributed by atoms with van der Waals surface area (Å²) in [4.78, 5) is 11.8. The molecule has 1 aromatic heterocycles. The largest absolute Gasteiger partial charge is 0.385 e. The Hall–Kier alpha value is -2.47. The van der Waals surface area contributed by atoms with E-state index in [0.29, 0.717) is 24.7 Å². The summed E-state index contributed by atoms with van der Waals surface area (Å²) in [6.07, 6.45) is 0.767. The van der Waals surface area contributed by atoms with E-state index in [1.54, 1.807) is 19.2 Å². The maximum absolute atomic E-state index is 11.8. The maximum atomic E-state index is 11.8. The molecule has 0 aliphatic carbocycles. The highest BCUT2D eigenvalue weighted by atomic mass is 16.5. The third-order valence-electron chi connectivity index (χ3n) is 3.00. The van der Waals surface area contributed by atoms with Gasteiger partial charge in [0.1, 0.15) is 0 Å². The molecule has 0 fully saturated rings. The van der Waals surface area contributed by atoms with E-state index in [-0.39, 0.29) is 5.91 Å². The number of benzene rings is 1. The second kappa shape index (κ2) is 8.09. The summed E-state index contributed by atoms with van der Waals surface area (Å²) in [7, 11) is 1.63. The molecule has 22 heavy (non-hydrogen) atoms. The van der Waals surface area contributed by atoms with Gasteiger partial charge in [0.2, 0.25) is 0 Å². The van der Waals surface area contributed by atoms with Gasteiger partial charge < -0.3 is 15.4 Å².